The highest BCUT2D eigenvalue weighted by atomic mass is 16.5. The van der Waals surface area contributed by atoms with E-state index in [0.717, 1.165) is 5.69 Å². The van der Waals surface area contributed by atoms with Gasteiger partial charge in [-0.25, -0.2) is 5.43 Å². The third-order valence-electron chi connectivity index (χ3n) is 3.45. The van der Waals surface area contributed by atoms with Crippen LogP contribution < -0.4 is 19.8 Å². The Morgan fingerprint density at radius 1 is 1.08 bits per heavy atom. The Morgan fingerprint density at radius 3 is 2.38 bits per heavy atom. The lowest BCUT2D eigenvalue weighted by atomic mass is 10.2. The zero-order valence-electron chi connectivity index (χ0n) is 14.2. The van der Waals surface area contributed by atoms with E-state index >= 15 is 0 Å². The molecule has 1 N–H and O–H groups in total. The zero-order valence-corrected chi connectivity index (χ0v) is 14.2. The number of ether oxygens (including phenoxy) is 2. The molecule has 0 radical (unpaired) electrons. The van der Waals surface area contributed by atoms with Crippen molar-refractivity contribution in [3.8, 4) is 11.5 Å². The average molecular weight is 327 g/mol. The predicted octanol–water partition coefficient (Wildman–Crippen LogP) is 2.53. The van der Waals surface area contributed by atoms with Crippen molar-refractivity contribution >= 4 is 17.8 Å². The second kappa shape index (κ2) is 8.01. The fraction of sp³-hybridized carbons (Fsp3) is 0.222. The van der Waals surface area contributed by atoms with Crippen LogP contribution in [-0.4, -0.2) is 40.4 Å². The Bertz CT molecular complexity index is 725. The normalized spacial score (nSPS) is 10.5. The van der Waals surface area contributed by atoms with E-state index in [4.69, 9.17) is 9.47 Å². The second-order valence-electron chi connectivity index (χ2n) is 5.25. The number of hydrazone groups is 1. The number of amides is 1. The molecule has 1 amide bonds. The number of nitrogens with one attached hydrogen (secondary N) is 1. The number of methoxy groups -OCH3 is 2. The molecule has 0 atom stereocenters. The summed E-state index contributed by atoms with van der Waals surface area (Å²) in [4.78, 5) is 14.1. The van der Waals surface area contributed by atoms with Gasteiger partial charge in [0.15, 0.2) is 0 Å². The summed E-state index contributed by atoms with van der Waals surface area (Å²) < 4.78 is 10.4. The molecule has 0 saturated carbocycles. The van der Waals surface area contributed by atoms with Crippen LogP contribution in [0.25, 0.3) is 0 Å². The molecule has 24 heavy (non-hydrogen) atoms. The SMILES string of the molecule is COc1ccc(OC)c(C=NNC(=O)c2ccc(N(C)C)cc2)c1. The highest BCUT2D eigenvalue weighted by Gasteiger charge is 2.06. The van der Waals surface area contributed by atoms with Gasteiger partial charge in [0.05, 0.1) is 20.4 Å². The Labute approximate surface area is 141 Å². The summed E-state index contributed by atoms with van der Waals surface area (Å²) in [5, 5.41) is 3.99. The highest BCUT2D eigenvalue weighted by Crippen LogP contribution is 2.22. The third kappa shape index (κ3) is 4.25. The quantitative estimate of drug-likeness (QED) is 0.654. The van der Waals surface area contributed by atoms with Gasteiger partial charge in [0.1, 0.15) is 11.5 Å². The number of benzene rings is 2. The van der Waals surface area contributed by atoms with Crippen molar-refractivity contribution in [2.24, 2.45) is 5.10 Å². The maximum atomic E-state index is 12.1. The molecule has 0 unspecified atom stereocenters. The van der Waals surface area contributed by atoms with Crippen LogP contribution in [0.15, 0.2) is 47.6 Å². The Kier molecular flexibility index (Phi) is 5.78. The fourth-order valence-electron chi connectivity index (χ4n) is 2.08. The molecule has 6 heteroatoms. The van der Waals surface area contributed by atoms with Gasteiger partial charge >= 0.3 is 0 Å². The topological polar surface area (TPSA) is 63.2 Å². The summed E-state index contributed by atoms with van der Waals surface area (Å²) in [5.74, 6) is 1.05. The average Bonchev–Trinajstić information content (AvgIpc) is 2.61. The number of hydrogen-bond acceptors (Lipinski definition) is 5. The molecule has 0 heterocycles. The van der Waals surface area contributed by atoms with Crippen LogP contribution in [0.2, 0.25) is 0 Å². The summed E-state index contributed by atoms with van der Waals surface area (Å²) in [7, 11) is 7.05. The molecular formula is C18H21N3O3. The van der Waals surface area contributed by atoms with Crippen molar-refractivity contribution < 1.29 is 14.3 Å². The van der Waals surface area contributed by atoms with Crippen LogP contribution in [0.5, 0.6) is 11.5 Å². The smallest absolute Gasteiger partial charge is 0.271 e. The van der Waals surface area contributed by atoms with Crippen LogP contribution in [0.1, 0.15) is 15.9 Å². The van der Waals surface area contributed by atoms with Crippen LogP contribution in [0.4, 0.5) is 5.69 Å². The lowest BCUT2D eigenvalue weighted by Gasteiger charge is -2.12. The van der Waals surface area contributed by atoms with Crippen molar-refractivity contribution in [1.82, 2.24) is 5.43 Å². The molecule has 0 aromatic heterocycles. The standard InChI is InChI=1S/C18H21N3O3/c1-21(2)15-7-5-13(6-8-15)18(22)20-19-12-14-11-16(23-3)9-10-17(14)24-4/h5-12H,1-4H3,(H,20,22). The Balaban J connectivity index is 2.06. The third-order valence-corrected chi connectivity index (χ3v) is 3.45. The minimum atomic E-state index is -0.279. The van der Waals surface area contributed by atoms with Gasteiger partial charge in [-0.2, -0.15) is 5.10 Å². The van der Waals surface area contributed by atoms with Gasteiger partial charge in [-0.1, -0.05) is 0 Å². The summed E-state index contributed by atoms with van der Waals surface area (Å²) in [6.45, 7) is 0. The zero-order chi connectivity index (χ0) is 17.5. The van der Waals surface area contributed by atoms with Crippen molar-refractivity contribution in [3.63, 3.8) is 0 Å². The Morgan fingerprint density at radius 2 is 1.79 bits per heavy atom. The molecular weight excluding hydrogens is 306 g/mol. The van der Waals surface area contributed by atoms with Gasteiger partial charge in [-0.05, 0) is 42.5 Å². The van der Waals surface area contributed by atoms with Crippen molar-refractivity contribution in [1.29, 1.82) is 0 Å². The molecule has 2 rings (SSSR count). The lowest BCUT2D eigenvalue weighted by molar-refractivity contribution is 0.0955. The molecule has 6 nitrogen and oxygen atoms in total. The van der Waals surface area contributed by atoms with Crippen LogP contribution in [0, 0.1) is 0 Å². The summed E-state index contributed by atoms with van der Waals surface area (Å²) in [6.07, 6.45) is 1.52. The van der Waals surface area contributed by atoms with E-state index in [-0.39, 0.29) is 5.91 Å². The second-order valence-corrected chi connectivity index (χ2v) is 5.25. The monoisotopic (exact) mass is 327 g/mol. The molecule has 0 bridgehead atoms. The molecule has 0 aliphatic heterocycles. The van der Waals surface area contributed by atoms with Gasteiger partial charge in [0.2, 0.25) is 0 Å². The van der Waals surface area contributed by atoms with E-state index in [1.165, 1.54) is 6.21 Å². The van der Waals surface area contributed by atoms with E-state index in [1.807, 2.05) is 31.1 Å². The predicted molar refractivity (Wildman–Crippen MR) is 95.4 cm³/mol. The van der Waals surface area contributed by atoms with Gasteiger partial charge < -0.3 is 14.4 Å². The summed E-state index contributed by atoms with van der Waals surface area (Å²) in [5.41, 5.74) is 4.78. The lowest BCUT2D eigenvalue weighted by Crippen LogP contribution is -2.18. The van der Waals surface area contributed by atoms with E-state index in [1.54, 1.807) is 44.6 Å². The van der Waals surface area contributed by atoms with Crippen molar-refractivity contribution in [3.05, 3.63) is 53.6 Å². The first kappa shape index (κ1) is 17.3. The first-order chi connectivity index (χ1) is 11.5. The fourth-order valence-corrected chi connectivity index (χ4v) is 2.08. The molecule has 0 aliphatic rings. The minimum absolute atomic E-state index is 0.279. The maximum Gasteiger partial charge on any atom is 0.271 e. The maximum absolute atomic E-state index is 12.1. The molecule has 0 spiro atoms. The number of carbonyl (C=O) groups excluding carboxylic acids is 1. The van der Waals surface area contributed by atoms with Gasteiger partial charge in [-0.3, -0.25) is 4.79 Å². The highest BCUT2D eigenvalue weighted by molar-refractivity contribution is 5.95. The number of nitrogens with zero attached hydrogens (tertiary/aromatic N) is 2. The van der Waals surface area contributed by atoms with Gasteiger partial charge in [-0.15, -0.1) is 0 Å². The van der Waals surface area contributed by atoms with Gasteiger partial charge in [0, 0.05) is 30.9 Å². The number of carbonyl (C=O) groups is 1. The van der Waals surface area contributed by atoms with E-state index < -0.39 is 0 Å². The number of hydrogen-bond donors (Lipinski definition) is 1. The van der Waals surface area contributed by atoms with Crippen LogP contribution >= 0.6 is 0 Å². The summed E-state index contributed by atoms with van der Waals surface area (Å²) >= 11 is 0. The molecule has 126 valence electrons. The molecule has 2 aromatic carbocycles. The summed E-state index contributed by atoms with van der Waals surface area (Å²) in [6, 6.07) is 12.6. The minimum Gasteiger partial charge on any atom is -0.497 e. The van der Waals surface area contributed by atoms with Crippen LogP contribution in [0.3, 0.4) is 0 Å². The van der Waals surface area contributed by atoms with E-state index in [9.17, 15) is 4.79 Å². The first-order valence-electron chi connectivity index (χ1n) is 7.38. The number of rotatable bonds is 6. The molecule has 0 saturated heterocycles. The largest absolute Gasteiger partial charge is 0.497 e. The van der Waals surface area contributed by atoms with Crippen molar-refractivity contribution in [2.75, 3.05) is 33.2 Å². The van der Waals surface area contributed by atoms with E-state index in [2.05, 4.69) is 10.5 Å². The Hall–Kier alpha value is -3.02. The van der Waals surface area contributed by atoms with Crippen LogP contribution in [-0.2, 0) is 0 Å². The number of anilines is 1. The van der Waals surface area contributed by atoms with E-state index in [0.29, 0.717) is 22.6 Å². The molecule has 0 aliphatic carbocycles. The van der Waals surface area contributed by atoms with Gasteiger partial charge in [0.25, 0.3) is 5.91 Å². The first-order valence-corrected chi connectivity index (χ1v) is 7.38. The molecule has 0 fully saturated rings. The molecule has 2 aromatic rings. The van der Waals surface area contributed by atoms with Crippen molar-refractivity contribution in [2.45, 2.75) is 0 Å².